The van der Waals surface area contributed by atoms with Crippen LogP contribution < -0.4 is 0 Å². The lowest BCUT2D eigenvalue weighted by molar-refractivity contribution is -0.138. The molecule has 3 aromatic rings. The minimum atomic E-state index is -3.71. The molecule has 9 nitrogen and oxygen atoms in total. The van der Waals surface area contributed by atoms with Crippen LogP contribution in [-0.4, -0.2) is 59.4 Å². The van der Waals surface area contributed by atoms with E-state index in [0.29, 0.717) is 35.8 Å². The minimum absolute atomic E-state index is 0.103. The van der Waals surface area contributed by atoms with Crippen molar-refractivity contribution < 1.29 is 18.0 Å². The molecule has 3 heterocycles. The number of benzene rings is 2. The smallest absolute Gasteiger partial charge is 0.271 e. The number of likely N-dealkylation sites (N-methyl/N-ethyl adjacent to an activating group) is 1. The van der Waals surface area contributed by atoms with Crippen molar-refractivity contribution >= 4 is 27.9 Å². The van der Waals surface area contributed by atoms with E-state index in [4.69, 9.17) is 5.10 Å². The van der Waals surface area contributed by atoms with Crippen LogP contribution in [0.2, 0.25) is 0 Å². The third-order valence-corrected chi connectivity index (χ3v) is 9.23. The summed E-state index contributed by atoms with van der Waals surface area (Å²) in [6, 6.07) is 18.0. The molecule has 1 atom stereocenters. The van der Waals surface area contributed by atoms with Gasteiger partial charge in [0.2, 0.25) is 10.0 Å². The predicted molar refractivity (Wildman–Crippen MR) is 150 cm³/mol. The van der Waals surface area contributed by atoms with Crippen molar-refractivity contribution in [3.8, 4) is 23.0 Å². The van der Waals surface area contributed by atoms with Crippen molar-refractivity contribution in [2.75, 3.05) is 20.1 Å². The highest BCUT2D eigenvalue weighted by Gasteiger charge is 2.33. The van der Waals surface area contributed by atoms with Crippen LogP contribution in [0.1, 0.15) is 32.3 Å². The van der Waals surface area contributed by atoms with Crippen LogP contribution in [0, 0.1) is 17.2 Å². The van der Waals surface area contributed by atoms with Crippen LogP contribution >= 0.6 is 0 Å². The number of nitriles is 1. The zero-order valence-electron chi connectivity index (χ0n) is 22.5. The Morgan fingerprint density at radius 1 is 1.07 bits per heavy atom. The SMILES string of the molecule is CC1=C(C#N)C(=O)N(C)C(=O)/C1=C/c1cn(-c2ccccc2)nc1-c1cccc(S(=O)(=O)N2CCCC(C)C2)c1. The molecule has 2 aliphatic heterocycles. The fourth-order valence-corrected chi connectivity index (χ4v) is 6.75. The van der Waals surface area contributed by atoms with Crippen molar-refractivity contribution in [3.63, 3.8) is 0 Å². The summed E-state index contributed by atoms with van der Waals surface area (Å²) in [5, 5.41) is 14.3. The van der Waals surface area contributed by atoms with Gasteiger partial charge < -0.3 is 0 Å². The van der Waals surface area contributed by atoms with Crippen LogP contribution in [0.5, 0.6) is 0 Å². The number of para-hydroxylation sites is 1. The number of piperidine rings is 1. The van der Waals surface area contributed by atoms with Crippen molar-refractivity contribution in [1.82, 2.24) is 19.0 Å². The fraction of sp³-hybridized carbons (Fsp3) is 0.267. The molecule has 2 aromatic carbocycles. The van der Waals surface area contributed by atoms with Gasteiger partial charge in [-0.3, -0.25) is 14.5 Å². The first-order valence-electron chi connectivity index (χ1n) is 13.0. The van der Waals surface area contributed by atoms with Crippen LogP contribution in [0.3, 0.4) is 0 Å². The highest BCUT2D eigenvalue weighted by Crippen LogP contribution is 2.32. The normalized spacial score (nSPS) is 19.8. The molecule has 204 valence electrons. The number of sulfonamides is 1. The summed E-state index contributed by atoms with van der Waals surface area (Å²) in [4.78, 5) is 26.7. The van der Waals surface area contributed by atoms with Crippen molar-refractivity contribution in [1.29, 1.82) is 5.26 Å². The van der Waals surface area contributed by atoms with Crippen LogP contribution in [0.25, 0.3) is 23.0 Å². The maximum absolute atomic E-state index is 13.5. The van der Waals surface area contributed by atoms with Gasteiger partial charge in [-0.2, -0.15) is 14.7 Å². The Morgan fingerprint density at radius 3 is 2.52 bits per heavy atom. The topological polar surface area (TPSA) is 116 Å². The van der Waals surface area contributed by atoms with E-state index in [1.54, 1.807) is 48.1 Å². The van der Waals surface area contributed by atoms with E-state index in [1.807, 2.05) is 36.4 Å². The minimum Gasteiger partial charge on any atom is -0.277 e. The molecular weight excluding hydrogens is 526 g/mol. The number of hydrogen-bond acceptors (Lipinski definition) is 6. The average molecular weight is 556 g/mol. The maximum Gasteiger partial charge on any atom is 0.271 e. The summed E-state index contributed by atoms with van der Waals surface area (Å²) in [7, 11) is -2.37. The van der Waals surface area contributed by atoms with Gasteiger partial charge in [0.25, 0.3) is 11.8 Å². The summed E-state index contributed by atoms with van der Waals surface area (Å²) in [5.41, 5.74) is 2.69. The summed E-state index contributed by atoms with van der Waals surface area (Å²) in [6.45, 7) is 4.59. The van der Waals surface area contributed by atoms with Gasteiger partial charge >= 0.3 is 0 Å². The average Bonchev–Trinajstić information content (AvgIpc) is 3.39. The molecule has 1 saturated heterocycles. The molecule has 0 N–H and O–H groups in total. The van der Waals surface area contributed by atoms with Crippen molar-refractivity contribution in [3.05, 3.63) is 83.1 Å². The number of imide groups is 1. The van der Waals surface area contributed by atoms with E-state index in [0.717, 1.165) is 23.4 Å². The lowest BCUT2D eigenvalue weighted by Crippen LogP contribution is -2.39. The largest absolute Gasteiger partial charge is 0.277 e. The third-order valence-electron chi connectivity index (χ3n) is 7.37. The summed E-state index contributed by atoms with van der Waals surface area (Å²) in [6.07, 6.45) is 5.17. The van der Waals surface area contributed by atoms with Gasteiger partial charge in [-0.1, -0.05) is 37.3 Å². The van der Waals surface area contributed by atoms with E-state index < -0.39 is 21.8 Å². The number of amides is 2. The van der Waals surface area contributed by atoms with Crippen molar-refractivity contribution in [2.45, 2.75) is 31.6 Å². The zero-order valence-corrected chi connectivity index (χ0v) is 23.4. The van der Waals surface area contributed by atoms with E-state index in [-0.39, 0.29) is 21.6 Å². The van der Waals surface area contributed by atoms with Gasteiger partial charge in [-0.15, -0.1) is 0 Å². The molecule has 1 aromatic heterocycles. The molecule has 0 aliphatic carbocycles. The van der Waals surface area contributed by atoms with Crippen LogP contribution in [0.4, 0.5) is 0 Å². The second-order valence-electron chi connectivity index (χ2n) is 10.2. The van der Waals surface area contributed by atoms with Crippen molar-refractivity contribution in [2.24, 2.45) is 5.92 Å². The van der Waals surface area contributed by atoms with Gasteiger partial charge in [0.15, 0.2) is 0 Å². The first-order valence-corrected chi connectivity index (χ1v) is 14.5. The molecule has 5 rings (SSSR count). The Labute approximate surface area is 233 Å². The lowest BCUT2D eigenvalue weighted by atomic mass is 9.93. The van der Waals surface area contributed by atoms with Gasteiger partial charge in [-0.25, -0.2) is 13.1 Å². The Bertz CT molecular complexity index is 1710. The monoisotopic (exact) mass is 555 g/mol. The summed E-state index contributed by atoms with van der Waals surface area (Å²) in [5.74, 6) is -0.887. The number of aromatic nitrogens is 2. The predicted octanol–water partition coefficient (Wildman–Crippen LogP) is 4.18. The third kappa shape index (κ3) is 4.90. The molecule has 1 unspecified atom stereocenters. The molecule has 0 saturated carbocycles. The van der Waals surface area contributed by atoms with E-state index in [9.17, 15) is 23.3 Å². The fourth-order valence-electron chi connectivity index (χ4n) is 5.10. The second kappa shape index (κ2) is 10.7. The Balaban J connectivity index is 1.66. The highest BCUT2D eigenvalue weighted by molar-refractivity contribution is 7.89. The lowest BCUT2D eigenvalue weighted by Gasteiger charge is -2.30. The molecule has 2 aliphatic rings. The van der Waals surface area contributed by atoms with Crippen LogP contribution in [-0.2, 0) is 19.6 Å². The standard InChI is InChI=1S/C30H29N5O4S/c1-20-9-8-14-34(18-20)40(38,39)25-13-7-10-22(15-25)28-23(19-35(32-28)24-11-5-4-6-12-24)16-26-21(2)27(17-31)30(37)33(3)29(26)36/h4-7,10-13,15-16,19-20H,8-9,14,18H2,1-3H3/b26-16+. The Morgan fingerprint density at radius 2 is 1.82 bits per heavy atom. The second-order valence-corrected chi connectivity index (χ2v) is 12.1. The first kappa shape index (κ1) is 27.2. The number of rotatable bonds is 5. The Hall–Kier alpha value is -4.33. The zero-order chi connectivity index (χ0) is 28.6. The molecule has 10 heteroatoms. The number of hydrogen-bond donors (Lipinski definition) is 0. The van der Waals surface area contributed by atoms with E-state index in [2.05, 4.69) is 6.92 Å². The number of nitrogens with zero attached hydrogens (tertiary/aromatic N) is 5. The summed E-state index contributed by atoms with van der Waals surface area (Å²) < 4.78 is 30.3. The molecular formula is C30H29N5O4S. The number of carbonyl (C=O) groups is 2. The van der Waals surface area contributed by atoms with E-state index in [1.165, 1.54) is 11.4 Å². The molecule has 0 spiro atoms. The molecule has 0 bridgehead atoms. The molecule has 1 fully saturated rings. The molecule has 40 heavy (non-hydrogen) atoms. The first-order chi connectivity index (χ1) is 19.1. The molecule has 2 amide bonds. The van der Waals surface area contributed by atoms with Gasteiger partial charge in [-0.05, 0) is 61.6 Å². The Kier molecular flexibility index (Phi) is 7.27. The van der Waals surface area contributed by atoms with Gasteiger partial charge in [0.05, 0.1) is 10.6 Å². The van der Waals surface area contributed by atoms with Gasteiger partial charge in [0.1, 0.15) is 17.3 Å². The van der Waals surface area contributed by atoms with Crippen LogP contribution in [0.15, 0.2) is 82.4 Å². The molecule has 0 radical (unpaired) electrons. The van der Waals surface area contributed by atoms with E-state index >= 15 is 0 Å². The highest BCUT2D eigenvalue weighted by atomic mass is 32.2. The number of carbonyl (C=O) groups excluding carboxylic acids is 2. The quantitative estimate of drug-likeness (QED) is 0.344. The summed E-state index contributed by atoms with van der Waals surface area (Å²) >= 11 is 0. The maximum atomic E-state index is 13.5. The van der Waals surface area contributed by atoms with Gasteiger partial charge in [0, 0.05) is 43.0 Å².